The van der Waals surface area contributed by atoms with E-state index in [-0.39, 0.29) is 6.61 Å². The largest absolute Gasteiger partial charge is 0.396 e. The second-order valence-electron chi connectivity index (χ2n) is 6.29. The standard InChI is InChI=1S/C16H29NO2/c18-13-5-12-17(15-8-4-9-15)16(19)11-10-14-6-2-1-3-7-14/h14-15,18H,1-13H2. The highest BCUT2D eigenvalue weighted by atomic mass is 16.3. The Labute approximate surface area is 117 Å². The maximum Gasteiger partial charge on any atom is 0.222 e. The second-order valence-corrected chi connectivity index (χ2v) is 6.29. The average molecular weight is 267 g/mol. The highest BCUT2D eigenvalue weighted by Crippen LogP contribution is 2.29. The van der Waals surface area contributed by atoms with Crippen molar-refractivity contribution in [2.24, 2.45) is 5.92 Å². The van der Waals surface area contributed by atoms with Crippen LogP contribution in [0.5, 0.6) is 0 Å². The average Bonchev–Trinajstić information content (AvgIpc) is 2.39. The molecule has 0 saturated heterocycles. The number of nitrogens with zero attached hydrogens (tertiary/aromatic N) is 1. The van der Waals surface area contributed by atoms with Gasteiger partial charge in [-0.1, -0.05) is 32.1 Å². The van der Waals surface area contributed by atoms with Crippen LogP contribution in [0.25, 0.3) is 0 Å². The van der Waals surface area contributed by atoms with E-state index in [1.54, 1.807) is 0 Å². The molecule has 0 spiro atoms. The van der Waals surface area contributed by atoms with Crippen LogP contribution in [0.2, 0.25) is 0 Å². The van der Waals surface area contributed by atoms with Crippen molar-refractivity contribution in [2.75, 3.05) is 13.2 Å². The molecule has 1 amide bonds. The predicted molar refractivity (Wildman–Crippen MR) is 76.9 cm³/mol. The first kappa shape index (κ1) is 14.8. The Kier molecular flexibility index (Phi) is 6.15. The quantitative estimate of drug-likeness (QED) is 0.770. The van der Waals surface area contributed by atoms with Gasteiger partial charge >= 0.3 is 0 Å². The highest BCUT2D eigenvalue weighted by Gasteiger charge is 2.28. The van der Waals surface area contributed by atoms with Crippen molar-refractivity contribution in [2.45, 2.75) is 76.7 Å². The summed E-state index contributed by atoms with van der Waals surface area (Å²) in [4.78, 5) is 14.4. The summed E-state index contributed by atoms with van der Waals surface area (Å²) < 4.78 is 0. The van der Waals surface area contributed by atoms with Gasteiger partial charge in [0.1, 0.15) is 0 Å². The van der Waals surface area contributed by atoms with Crippen LogP contribution in [0.15, 0.2) is 0 Å². The third-order valence-corrected chi connectivity index (χ3v) is 4.88. The molecule has 0 aromatic rings. The van der Waals surface area contributed by atoms with Crippen LogP contribution in [0.4, 0.5) is 0 Å². The Morgan fingerprint density at radius 1 is 1.05 bits per heavy atom. The summed E-state index contributed by atoms with van der Waals surface area (Å²) in [6, 6.07) is 0.477. The molecule has 0 aromatic heterocycles. The van der Waals surface area contributed by atoms with Crippen molar-refractivity contribution < 1.29 is 9.90 Å². The van der Waals surface area contributed by atoms with E-state index in [2.05, 4.69) is 4.90 Å². The van der Waals surface area contributed by atoms with E-state index in [1.165, 1.54) is 51.4 Å². The molecule has 2 saturated carbocycles. The lowest BCUT2D eigenvalue weighted by molar-refractivity contribution is -0.135. The number of hydrogen-bond donors (Lipinski definition) is 1. The summed E-state index contributed by atoms with van der Waals surface area (Å²) in [7, 11) is 0. The summed E-state index contributed by atoms with van der Waals surface area (Å²) in [5, 5.41) is 8.97. The van der Waals surface area contributed by atoms with Crippen molar-refractivity contribution in [1.29, 1.82) is 0 Å². The Hall–Kier alpha value is -0.570. The number of carbonyl (C=O) groups is 1. The summed E-state index contributed by atoms with van der Waals surface area (Å²) >= 11 is 0. The van der Waals surface area contributed by atoms with Crippen LogP contribution in [-0.4, -0.2) is 35.1 Å². The molecule has 110 valence electrons. The fraction of sp³-hybridized carbons (Fsp3) is 0.938. The van der Waals surface area contributed by atoms with Gasteiger partial charge in [0.2, 0.25) is 5.91 Å². The molecule has 2 aliphatic rings. The van der Waals surface area contributed by atoms with Crippen LogP contribution < -0.4 is 0 Å². The van der Waals surface area contributed by atoms with E-state index < -0.39 is 0 Å². The maximum atomic E-state index is 12.4. The van der Waals surface area contributed by atoms with Crippen molar-refractivity contribution in [3.05, 3.63) is 0 Å². The van der Waals surface area contributed by atoms with Crippen molar-refractivity contribution in [1.82, 2.24) is 4.90 Å². The van der Waals surface area contributed by atoms with Gasteiger partial charge in [0.15, 0.2) is 0 Å². The van der Waals surface area contributed by atoms with Gasteiger partial charge in [-0.3, -0.25) is 4.79 Å². The summed E-state index contributed by atoms with van der Waals surface area (Å²) in [6.45, 7) is 0.948. The molecule has 3 heteroatoms. The number of amides is 1. The summed E-state index contributed by atoms with van der Waals surface area (Å²) in [5.41, 5.74) is 0. The fourth-order valence-corrected chi connectivity index (χ4v) is 3.40. The number of aliphatic hydroxyl groups excluding tert-OH is 1. The normalized spacial score (nSPS) is 21.1. The maximum absolute atomic E-state index is 12.4. The van der Waals surface area contributed by atoms with Crippen LogP contribution in [0, 0.1) is 5.92 Å². The van der Waals surface area contributed by atoms with E-state index in [1.807, 2.05) is 0 Å². The zero-order valence-corrected chi connectivity index (χ0v) is 12.1. The lowest BCUT2D eigenvalue weighted by Crippen LogP contribution is -2.45. The molecule has 0 aromatic carbocycles. The predicted octanol–water partition coefficient (Wildman–Crippen LogP) is 3.11. The van der Waals surface area contributed by atoms with E-state index >= 15 is 0 Å². The summed E-state index contributed by atoms with van der Waals surface area (Å²) in [5.74, 6) is 1.13. The minimum atomic E-state index is 0.194. The molecule has 0 aliphatic heterocycles. The molecular weight excluding hydrogens is 238 g/mol. The van der Waals surface area contributed by atoms with Gasteiger partial charge in [0.05, 0.1) is 0 Å². The molecule has 2 rings (SSSR count). The molecule has 3 nitrogen and oxygen atoms in total. The molecule has 1 N–H and O–H groups in total. The lowest BCUT2D eigenvalue weighted by Gasteiger charge is -2.38. The number of carbonyl (C=O) groups excluding carboxylic acids is 1. The molecule has 0 unspecified atom stereocenters. The third-order valence-electron chi connectivity index (χ3n) is 4.88. The smallest absolute Gasteiger partial charge is 0.222 e. The van der Waals surface area contributed by atoms with Crippen molar-refractivity contribution in [3.8, 4) is 0 Å². The topological polar surface area (TPSA) is 40.5 Å². The Bertz CT molecular complexity index is 270. The van der Waals surface area contributed by atoms with Gasteiger partial charge < -0.3 is 10.0 Å². The van der Waals surface area contributed by atoms with Gasteiger partial charge in [-0.2, -0.15) is 0 Å². The first-order valence-electron chi connectivity index (χ1n) is 8.21. The Morgan fingerprint density at radius 3 is 2.37 bits per heavy atom. The SMILES string of the molecule is O=C(CCC1CCCCC1)N(CCCO)C1CCC1. The Balaban J connectivity index is 1.73. The van der Waals surface area contributed by atoms with E-state index in [4.69, 9.17) is 5.11 Å². The van der Waals surface area contributed by atoms with E-state index in [0.29, 0.717) is 11.9 Å². The van der Waals surface area contributed by atoms with Gasteiger partial charge in [-0.25, -0.2) is 0 Å². The molecule has 0 bridgehead atoms. The lowest BCUT2D eigenvalue weighted by atomic mass is 9.85. The second kappa shape index (κ2) is 7.88. The summed E-state index contributed by atoms with van der Waals surface area (Å²) in [6.07, 6.45) is 12.9. The van der Waals surface area contributed by atoms with E-state index in [0.717, 1.165) is 31.7 Å². The molecule has 0 radical (unpaired) electrons. The van der Waals surface area contributed by atoms with Crippen LogP contribution in [-0.2, 0) is 4.79 Å². The Morgan fingerprint density at radius 2 is 1.79 bits per heavy atom. The molecule has 0 heterocycles. The van der Waals surface area contributed by atoms with Gasteiger partial charge in [0, 0.05) is 25.6 Å². The van der Waals surface area contributed by atoms with Crippen molar-refractivity contribution >= 4 is 5.91 Å². The molecule has 0 atom stereocenters. The minimum Gasteiger partial charge on any atom is -0.396 e. The number of aliphatic hydroxyl groups is 1. The molecule has 2 aliphatic carbocycles. The molecular formula is C16H29NO2. The van der Waals surface area contributed by atoms with Crippen LogP contribution >= 0.6 is 0 Å². The fourth-order valence-electron chi connectivity index (χ4n) is 3.40. The number of rotatable bonds is 7. The zero-order valence-electron chi connectivity index (χ0n) is 12.1. The zero-order chi connectivity index (χ0) is 13.5. The third kappa shape index (κ3) is 4.48. The first-order valence-corrected chi connectivity index (χ1v) is 8.21. The monoisotopic (exact) mass is 267 g/mol. The molecule has 2 fully saturated rings. The minimum absolute atomic E-state index is 0.194. The molecule has 19 heavy (non-hydrogen) atoms. The van der Waals surface area contributed by atoms with Crippen molar-refractivity contribution in [3.63, 3.8) is 0 Å². The van der Waals surface area contributed by atoms with Gasteiger partial charge in [-0.15, -0.1) is 0 Å². The highest BCUT2D eigenvalue weighted by molar-refractivity contribution is 5.76. The number of hydrogen-bond acceptors (Lipinski definition) is 2. The van der Waals surface area contributed by atoms with Crippen LogP contribution in [0.3, 0.4) is 0 Å². The first-order chi connectivity index (χ1) is 9.31. The van der Waals surface area contributed by atoms with Crippen LogP contribution in [0.1, 0.15) is 70.6 Å². The van der Waals surface area contributed by atoms with Gasteiger partial charge in [0.25, 0.3) is 0 Å². The van der Waals surface area contributed by atoms with E-state index in [9.17, 15) is 4.79 Å². The van der Waals surface area contributed by atoms with Gasteiger partial charge in [-0.05, 0) is 38.0 Å².